The topological polar surface area (TPSA) is 63.7 Å². The smallest absolute Gasteiger partial charge is 0.163 e. The normalized spacial score (nSPS) is 17.2. The maximum atomic E-state index is 14.2. The Labute approximate surface area is 184 Å². The van der Waals surface area contributed by atoms with Gasteiger partial charge in [-0.3, -0.25) is 9.78 Å². The minimum absolute atomic E-state index is 0.0270. The molecule has 0 amide bonds. The van der Waals surface area contributed by atoms with E-state index < -0.39 is 5.79 Å². The number of carbonyl (C=O) groups is 1. The first kappa shape index (κ1) is 24.5. The summed E-state index contributed by atoms with van der Waals surface area (Å²) in [6, 6.07) is 4.88. The number of aromatic nitrogens is 1. The molecule has 2 heterocycles. The van der Waals surface area contributed by atoms with Crippen molar-refractivity contribution in [2.45, 2.75) is 46.5 Å². The molecule has 0 aliphatic carbocycles. The van der Waals surface area contributed by atoms with Crippen LogP contribution in [0.25, 0.3) is 6.08 Å². The van der Waals surface area contributed by atoms with Crippen LogP contribution < -0.4 is 5.32 Å². The summed E-state index contributed by atoms with van der Waals surface area (Å²) in [5, 5.41) is 2.96. The van der Waals surface area contributed by atoms with Gasteiger partial charge in [0.1, 0.15) is 11.9 Å². The fourth-order valence-corrected chi connectivity index (χ4v) is 3.16. The maximum absolute atomic E-state index is 14.2. The molecule has 0 spiro atoms. The Balaban J connectivity index is 0.00000166. The first-order valence-corrected chi connectivity index (χ1v) is 10.4. The fraction of sp³-hybridized carbons (Fsp3) is 0.417. The summed E-state index contributed by atoms with van der Waals surface area (Å²) < 4.78 is 25.5. The van der Waals surface area contributed by atoms with Crippen LogP contribution in [0, 0.1) is 12.7 Å². The zero-order chi connectivity index (χ0) is 23.0. The molecular formula is C24H32FN3O3. The van der Waals surface area contributed by atoms with Gasteiger partial charge in [0.25, 0.3) is 0 Å². The molecule has 1 aromatic heterocycles. The molecule has 3 rings (SSSR count). The number of aldehydes is 1. The lowest BCUT2D eigenvalue weighted by atomic mass is 10.1. The van der Waals surface area contributed by atoms with Crippen molar-refractivity contribution in [3.05, 3.63) is 59.3 Å². The van der Waals surface area contributed by atoms with Gasteiger partial charge >= 0.3 is 0 Å². The van der Waals surface area contributed by atoms with Crippen molar-refractivity contribution in [2.75, 3.05) is 25.5 Å². The molecule has 7 heteroatoms. The molecule has 1 aromatic carbocycles. The number of ether oxygens (including phenoxy) is 2. The quantitative estimate of drug-likeness (QED) is 0.613. The molecule has 2 aromatic rings. The number of nitrogens with one attached hydrogen (secondary N) is 1. The summed E-state index contributed by atoms with van der Waals surface area (Å²) in [5.74, 6) is -0.945. The van der Waals surface area contributed by atoms with Crippen molar-refractivity contribution in [3.8, 4) is 0 Å². The van der Waals surface area contributed by atoms with E-state index in [-0.39, 0.29) is 11.9 Å². The Kier molecular flexibility index (Phi) is 8.71. The molecule has 1 aliphatic rings. The highest BCUT2D eigenvalue weighted by Crippen LogP contribution is 2.25. The SMILES string of the molecule is CC.Cc1ccc(Nc2cncc(/C=C\N(C)CC3COC(C)(C)O3)c2C=O)c(F)c1. The maximum Gasteiger partial charge on any atom is 0.163 e. The predicted molar refractivity (Wildman–Crippen MR) is 122 cm³/mol. The number of hydrogen-bond donors (Lipinski definition) is 1. The second-order valence-electron chi connectivity index (χ2n) is 7.62. The van der Waals surface area contributed by atoms with Crippen LogP contribution in [-0.2, 0) is 9.47 Å². The van der Waals surface area contributed by atoms with Crippen LogP contribution in [0.4, 0.5) is 15.8 Å². The van der Waals surface area contributed by atoms with E-state index in [1.165, 1.54) is 12.3 Å². The van der Waals surface area contributed by atoms with Gasteiger partial charge in [-0.25, -0.2) is 4.39 Å². The van der Waals surface area contributed by atoms with Crippen LogP contribution in [0.1, 0.15) is 49.2 Å². The molecule has 0 saturated carbocycles. The summed E-state index contributed by atoms with van der Waals surface area (Å²) in [4.78, 5) is 17.9. The predicted octanol–water partition coefficient (Wildman–Crippen LogP) is 5.17. The number of carbonyl (C=O) groups excluding carboxylic acids is 1. The Morgan fingerprint density at radius 2 is 2.03 bits per heavy atom. The van der Waals surface area contributed by atoms with Gasteiger partial charge in [-0.15, -0.1) is 0 Å². The average molecular weight is 430 g/mol. The molecule has 1 fully saturated rings. The standard InChI is InChI=1S/C22H26FN3O3.C2H6/c1-15-5-6-20(19(23)9-15)25-21-11-24-10-16(18(21)13-27)7-8-26(4)12-17-14-28-22(2,3)29-17;1-2/h5-11,13,17,25H,12,14H2,1-4H3;1-2H3/b8-7-;. The lowest BCUT2D eigenvalue weighted by molar-refractivity contribution is -0.139. The largest absolute Gasteiger partial charge is 0.378 e. The number of benzene rings is 1. The first-order chi connectivity index (χ1) is 14.8. The van der Waals surface area contributed by atoms with Crippen molar-refractivity contribution < 1.29 is 18.7 Å². The number of pyridine rings is 1. The van der Waals surface area contributed by atoms with Crippen molar-refractivity contribution in [2.24, 2.45) is 0 Å². The number of anilines is 2. The summed E-state index contributed by atoms with van der Waals surface area (Å²) in [5.41, 5.74) is 2.60. The minimum atomic E-state index is -0.560. The number of likely N-dealkylation sites (N-methyl/N-ethyl adjacent to an activating group) is 1. The number of aryl methyl sites for hydroxylation is 1. The number of rotatable bonds is 7. The number of halogens is 1. The highest BCUT2D eigenvalue weighted by Gasteiger charge is 2.32. The van der Waals surface area contributed by atoms with Crippen LogP contribution in [0.5, 0.6) is 0 Å². The van der Waals surface area contributed by atoms with Gasteiger partial charge in [0, 0.05) is 30.9 Å². The van der Waals surface area contributed by atoms with Crippen LogP contribution in [0.15, 0.2) is 36.8 Å². The lowest BCUT2D eigenvalue weighted by Gasteiger charge is -2.20. The Morgan fingerprint density at radius 3 is 2.65 bits per heavy atom. The Morgan fingerprint density at radius 1 is 1.29 bits per heavy atom. The molecule has 1 unspecified atom stereocenters. The molecule has 1 aliphatic heterocycles. The third kappa shape index (κ3) is 6.87. The first-order valence-electron chi connectivity index (χ1n) is 10.4. The van der Waals surface area contributed by atoms with E-state index in [2.05, 4.69) is 10.3 Å². The van der Waals surface area contributed by atoms with Crippen molar-refractivity contribution in [1.29, 1.82) is 0 Å². The van der Waals surface area contributed by atoms with E-state index in [1.54, 1.807) is 24.4 Å². The molecule has 168 valence electrons. The molecule has 1 atom stereocenters. The van der Waals surface area contributed by atoms with E-state index in [9.17, 15) is 9.18 Å². The van der Waals surface area contributed by atoms with Gasteiger partial charge in [0.2, 0.25) is 0 Å². The summed E-state index contributed by atoms with van der Waals surface area (Å²) in [6.45, 7) is 10.8. The average Bonchev–Trinajstić information content (AvgIpc) is 3.08. The zero-order valence-electron chi connectivity index (χ0n) is 19.1. The fourth-order valence-electron chi connectivity index (χ4n) is 3.16. The molecule has 0 bridgehead atoms. The minimum Gasteiger partial charge on any atom is -0.378 e. The Bertz CT molecular complexity index is 915. The lowest BCUT2D eigenvalue weighted by Crippen LogP contribution is -2.29. The van der Waals surface area contributed by atoms with Crippen LogP contribution >= 0.6 is 0 Å². The Hall–Kier alpha value is -2.77. The molecule has 1 N–H and O–H groups in total. The van der Waals surface area contributed by atoms with Gasteiger partial charge in [-0.2, -0.15) is 0 Å². The third-order valence-electron chi connectivity index (χ3n) is 4.60. The van der Waals surface area contributed by atoms with Crippen LogP contribution in [0.3, 0.4) is 0 Å². The van der Waals surface area contributed by atoms with E-state index in [1.807, 2.05) is 52.8 Å². The summed E-state index contributed by atoms with van der Waals surface area (Å²) in [7, 11) is 1.92. The van der Waals surface area contributed by atoms with Crippen molar-refractivity contribution in [3.63, 3.8) is 0 Å². The number of nitrogens with zero attached hydrogens (tertiary/aromatic N) is 2. The van der Waals surface area contributed by atoms with Crippen molar-refractivity contribution in [1.82, 2.24) is 9.88 Å². The second-order valence-corrected chi connectivity index (χ2v) is 7.62. The molecule has 0 radical (unpaired) electrons. The van der Waals surface area contributed by atoms with E-state index in [0.29, 0.717) is 35.7 Å². The van der Waals surface area contributed by atoms with E-state index in [0.717, 1.165) is 11.8 Å². The second kappa shape index (κ2) is 11.0. The summed E-state index contributed by atoms with van der Waals surface area (Å²) >= 11 is 0. The molecular weight excluding hydrogens is 397 g/mol. The highest BCUT2D eigenvalue weighted by molar-refractivity contribution is 5.90. The van der Waals surface area contributed by atoms with E-state index >= 15 is 0 Å². The van der Waals surface area contributed by atoms with Crippen LogP contribution in [0.2, 0.25) is 0 Å². The molecule has 6 nitrogen and oxygen atoms in total. The van der Waals surface area contributed by atoms with Gasteiger partial charge in [0.15, 0.2) is 12.1 Å². The summed E-state index contributed by atoms with van der Waals surface area (Å²) in [6.07, 6.45) is 7.48. The van der Waals surface area contributed by atoms with Gasteiger partial charge in [-0.1, -0.05) is 19.9 Å². The molecule has 31 heavy (non-hydrogen) atoms. The van der Waals surface area contributed by atoms with Gasteiger partial charge in [0.05, 0.1) is 24.2 Å². The third-order valence-corrected chi connectivity index (χ3v) is 4.60. The van der Waals surface area contributed by atoms with Gasteiger partial charge < -0.3 is 19.7 Å². The van der Waals surface area contributed by atoms with Gasteiger partial charge in [-0.05, 0) is 50.7 Å². The van der Waals surface area contributed by atoms with E-state index in [4.69, 9.17) is 9.47 Å². The molecule has 1 saturated heterocycles. The monoisotopic (exact) mass is 429 g/mol. The zero-order valence-corrected chi connectivity index (χ0v) is 19.1. The number of hydrogen-bond acceptors (Lipinski definition) is 6. The van der Waals surface area contributed by atoms with Crippen molar-refractivity contribution >= 4 is 23.7 Å². The highest BCUT2D eigenvalue weighted by atomic mass is 19.1. The van der Waals surface area contributed by atoms with Crippen LogP contribution in [-0.4, -0.2) is 48.3 Å².